The zero-order valence-corrected chi connectivity index (χ0v) is 7.88. The molecule has 4 N–H and O–H groups in total. The molecule has 0 saturated carbocycles. The minimum Gasteiger partial charge on any atom is -0.393 e. The van der Waals surface area contributed by atoms with Crippen LogP contribution in [0.15, 0.2) is 23.1 Å². The number of aromatic amines is 1. The number of hydrogen-bond donors (Lipinski definition) is 3. The maximum Gasteiger partial charge on any atom is 0.258 e. The van der Waals surface area contributed by atoms with Crippen molar-refractivity contribution >= 4 is 5.95 Å². The SMILES string of the molecule is Nc1ncc([C@H]2C=C[C@@H](CO)O2)c(=O)[nH]1. The molecular weight excluding hydrogens is 198 g/mol. The minimum atomic E-state index is -0.459. The summed E-state index contributed by atoms with van der Waals surface area (Å²) in [6.07, 6.45) is 3.98. The predicted molar refractivity (Wildman–Crippen MR) is 53.1 cm³/mol. The Bertz CT molecular complexity index is 440. The smallest absolute Gasteiger partial charge is 0.258 e. The van der Waals surface area contributed by atoms with Crippen molar-refractivity contribution in [1.82, 2.24) is 9.97 Å². The van der Waals surface area contributed by atoms with Gasteiger partial charge in [0, 0.05) is 6.20 Å². The van der Waals surface area contributed by atoms with Crippen molar-refractivity contribution in [3.8, 4) is 0 Å². The molecule has 0 bridgehead atoms. The molecule has 1 aromatic heterocycles. The van der Waals surface area contributed by atoms with Gasteiger partial charge in [0.2, 0.25) is 0 Å². The van der Waals surface area contributed by atoms with Crippen LogP contribution >= 0.6 is 0 Å². The lowest BCUT2D eigenvalue weighted by atomic mass is 10.2. The molecule has 0 fully saturated rings. The average Bonchev–Trinajstić information content (AvgIpc) is 2.66. The van der Waals surface area contributed by atoms with Crippen LogP contribution in [0, 0.1) is 0 Å². The Kier molecular flexibility index (Phi) is 2.53. The molecule has 6 nitrogen and oxygen atoms in total. The van der Waals surface area contributed by atoms with Crippen LogP contribution in [0.3, 0.4) is 0 Å². The van der Waals surface area contributed by atoms with E-state index in [9.17, 15) is 4.79 Å². The first-order valence-corrected chi connectivity index (χ1v) is 4.50. The molecule has 80 valence electrons. The molecule has 1 aliphatic rings. The summed E-state index contributed by atoms with van der Waals surface area (Å²) in [6.45, 7) is -0.104. The van der Waals surface area contributed by atoms with Gasteiger partial charge >= 0.3 is 0 Å². The van der Waals surface area contributed by atoms with Crippen molar-refractivity contribution in [2.45, 2.75) is 12.2 Å². The van der Waals surface area contributed by atoms with Gasteiger partial charge in [-0.1, -0.05) is 12.2 Å². The Balaban J connectivity index is 2.25. The number of aliphatic hydroxyl groups excluding tert-OH is 1. The first-order valence-electron chi connectivity index (χ1n) is 4.50. The molecule has 0 aromatic carbocycles. The Hall–Kier alpha value is -1.66. The zero-order valence-electron chi connectivity index (χ0n) is 7.88. The number of ether oxygens (including phenoxy) is 1. The van der Waals surface area contributed by atoms with E-state index in [0.717, 1.165) is 0 Å². The highest BCUT2D eigenvalue weighted by molar-refractivity contribution is 5.23. The molecule has 2 atom stereocenters. The van der Waals surface area contributed by atoms with E-state index in [-0.39, 0.29) is 24.2 Å². The molecule has 1 aromatic rings. The molecule has 15 heavy (non-hydrogen) atoms. The van der Waals surface area contributed by atoms with Gasteiger partial charge in [0.05, 0.1) is 18.3 Å². The van der Waals surface area contributed by atoms with Crippen LogP contribution < -0.4 is 11.3 Å². The molecule has 2 rings (SSSR count). The monoisotopic (exact) mass is 209 g/mol. The van der Waals surface area contributed by atoms with E-state index in [4.69, 9.17) is 15.6 Å². The number of anilines is 1. The van der Waals surface area contributed by atoms with Gasteiger partial charge in [-0.15, -0.1) is 0 Å². The molecule has 6 heteroatoms. The first kappa shape index (κ1) is 9.88. The van der Waals surface area contributed by atoms with E-state index in [2.05, 4.69) is 9.97 Å². The average molecular weight is 209 g/mol. The molecule has 0 amide bonds. The lowest BCUT2D eigenvalue weighted by molar-refractivity contribution is 0.0245. The van der Waals surface area contributed by atoms with Gasteiger partial charge < -0.3 is 15.6 Å². The Labute approximate surface area is 85.4 Å². The van der Waals surface area contributed by atoms with E-state index in [1.54, 1.807) is 12.2 Å². The summed E-state index contributed by atoms with van der Waals surface area (Å²) >= 11 is 0. The van der Waals surface area contributed by atoms with E-state index < -0.39 is 6.10 Å². The van der Waals surface area contributed by atoms with Crippen LogP contribution in [0.1, 0.15) is 11.7 Å². The third-order valence-electron chi connectivity index (χ3n) is 2.15. The zero-order chi connectivity index (χ0) is 10.8. The summed E-state index contributed by atoms with van der Waals surface area (Å²) in [6, 6.07) is 0. The maximum absolute atomic E-state index is 11.5. The van der Waals surface area contributed by atoms with Crippen LogP contribution in [-0.2, 0) is 4.74 Å². The highest BCUT2D eigenvalue weighted by Crippen LogP contribution is 2.23. The highest BCUT2D eigenvalue weighted by Gasteiger charge is 2.22. The summed E-state index contributed by atoms with van der Waals surface area (Å²) in [5.41, 5.74) is 5.38. The third-order valence-corrected chi connectivity index (χ3v) is 2.15. The third kappa shape index (κ3) is 1.90. The number of nitrogen functional groups attached to an aromatic ring is 1. The summed E-state index contributed by atoms with van der Waals surface area (Å²) in [7, 11) is 0. The van der Waals surface area contributed by atoms with Crippen molar-refractivity contribution in [2.24, 2.45) is 0 Å². The molecule has 1 aliphatic heterocycles. The number of nitrogens with two attached hydrogens (primary N) is 1. The van der Waals surface area contributed by atoms with Gasteiger partial charge in [-0.05, 0) is 0 Å². The maximum atomic E-state index is 11.5. The second kappa shape index (κ2) is 3.84. The largest absolute Gasteiger partial charge is 0.393 e. The van der Waals surface area contributed by atoms with Crippen LogP contribution in [0.2, 0.25) is 0 Å². The summed E-state index contributed by atoms with van der Waals surface area (Å²) in [5, 5.41) is 8.85. The van der Waals surface area contributed by atoms with E-state index in [1.165, 1.54) is 6.20 Å². The second-order valence-electron chi connectivity index (χ2n) is 3.22. The number of nitrogens with one attached hydrogen (secondary N) is 1. The molecule has 0 saturated heterocycles. The van der Waals surface area contributed by atoms with Crippen molar-refractivity contribution < 1.29 is 9.84 Å². The van der Waals surface area contributed by atoms with Gasteiger partial charge in [0.25, 0.3) is 5.56 Å². The Morgan fingerprint density at radius 3 is 3.00 bits per heavy atom. The number of aliphatic hydroxyl groups is 1. The standard InChI is InChI=1S/C9H11N3O3/c10-9-11-3-6(8(14)12-9)7-2-1-5(4-13)15-7/h1-3,5,7,13H,4H2,(H3,10,11,12,14)/t5-,7+/m0/s1. The van der Waals surface area contributed by atoms with Crippen LogP contribution in [0.25, 0.3) is 0 Å². The number of H-pyrrole nitrogens is 1. The van der Waals surface area contributed by atoms with Gasteiger partial charge in [0.15, 0.2) is 5.95 Å². The number of aromatic nitrogens is 2. The Morgan fingerprint density at radius 2 is 2.40 bits per heavy atom. The van der Waals surface area contributed by atoms with Crippen molar-refractivity contribution in [2.75, 3.05) is 12.3 Å². The van der Waals surface area contributed by atoms with Crippen LogP contribution in [-0.4, -0.2) is 27.8 Å². The summed E-state index contributed by atoms with van der Waals surface area (Å²) in [4.78, 5) is 17.6. The quantitative estimate of drug-likeness (QED) is 0.561. The first-order chi connectivity index (χ1) is 7.20. The topological polar surface area (TPSA) is 101 Å². The fraction of sp³-hybridized carbons (Fsp3) is 0.333. The lowest BCUT2D eigenvalue weighted by Crippen LogP contribution is -2.20. The summed E-state index contributed by atoms with van der Waals surface area (Å²) < 4.78 is 5.36. The molecule has 2 heterocycles. The number of rotatable bonds is 2. The predicted octanol–water partition coefficient (Wildman–Crippen LogP) is -0.660. The van der Waals surface area contributed by atoms with Gasteiger partial charge in [0.1, 0.15) is 6.10 Å². The molecule has 0 radical (unpaired) electrons. The molecular formula is C9H11N3O3. The molecule has 0 unspecified atom stereocenters. The van der Waals surface area contributed by atoms with Crippen molar-refractivity contribution in [3.05, 3.63) is 34.3 Å². The van der Waals surface area contributed by atoms with Crippen molar-refractivity contribution in [1.29, 1.82) is 0 Å². The van der Waals surface area contributed by atoms with Crippen LogP contribution in [0.4, 0.5) is 5.95 Å². The lowest BCUT2D eigenvalue weighted by Gasteiger charge is -2.11. The van der Waals surface area contributed by atoms with E-state index in [0.29, 0.717) is 5.56 Å². The van der Waals surface area contributed by atoms with Gasteiger partial charge in [-0.2, -0.15) is 0 Å². The highest BCUT2D eigenvalue weighted by atomic mass is 16.5. The van der Waals surface area contributed by atoms with E-state index in [1.807, 2.05) is 0 Å². The normalized spacial score (nSPS) is 24.6. The van der Waals surface area contributed by atoms with Crippen LogP contribution in [0.5, 0.6) is 0 Å². The van der Waals surface area contributed by atoms with Gasteiger partial charge in [-0.3, -0.25) is 9.78 Å². The van der Waals surface area contributed by atoms with E-state index >= 15 is 0 Å². The fourth-order valence-corrected chi connectivity index (χ4v) is 1.41. The number of nitrogens with zero attached hydrogens (tertiary/aromatic N) is 1. The minimum absolute atomic E-state index is 0.0736. The summed E-state index contributed by atoms with van der Waals surface area (Å²) in [5.74, 6) is 0.0736. The van der Waals surface area contributed by atoms with Gasteiger partial charge in [-0.25, -0.2) is 4.98 Å². The van der Waals surface area contributed by atoms with Crippen molar-refractivity contribution in [3.63, 3.8) is 0 Å². The second-order valence-corrected chi connectivity index (χ2v) is 3.22. The Morgan fingerprint density at radius 1 is 1.60 bits per heavy atom. The number of hydrogen-bond acceptors (Lipinski definition) is 5. The molecule has 0 spiro atoms. The fourth-order valence-electron chi connectivity index (χ4n) is 1.41. The molecule has 0 aliphatic carbocycles.